The van der Waals surface area contributed by atoms with Gasteiger partial charge in [0.25, 0.3) is 0 Å². The predicted octanol–water partition coefficient (Wildman–Crippen LogP) is 3.96. The van der Waals surface area contributed by atoms with Gasteiger partial charge in [0.05, 0.1) is 37.0 Å². The van der Waals surface area contributed by atoms with Crippen molar-refractivity contribution in [1.29, 1.82) is 0 Å². The van der Waals surface area contributed by atoms with Crippen molar-refractivity contribution in [2.45, 2.75) is 13.3 Å². The average molecular weight is 354 g/mol. The Morgan fingerprint density at radius 1 is 1.22 bits per heavy atom. The molecular weight excluding hydrogens is 338 g/mol. The number of hydrogen-bond donors (Lipinski definition) is 1. The summed E-state index contributed by atoms with van der Waals surface area (Å²) in [7, 11) is 2.63. The Hall–Kier alpha value is -2.05. The lowest BCUT2D eigenvalue weighted by Gasteiger charge is -2.13. The highest BCUT2D eigenvalue weighted by Crippen LogP contribution is 2.36. The van der Waals surface area contributed by atoms with E-state index in [2.05, 4.69) is 5.32 Å². The maximum Gasteiger partial charge on any atom is 0.350 e. The SMILES string of the molecule is COC(=O)Cc1csc(C(=O)OC)c1Nc1c(C)cccc1Cl. The van der Waals surface area contributed by atoms with E-state index in [0.717, 1.165) is 5.56 Å². The lowest BCUT2D eigenvalue weighted by atomic mass is 10.1. The summed E-state index contributed by atoms with van der Waals surface area (Å²) in [6, 6.07) is 5.49. The van der Waals surface area contributed by atoms with Crippen molar-refractivity contribution in [1.82, 2.24) is 0 Å². The van der Waals surface area contributed by atoms with Crippen LogP contribution in [0.25, 0.3) is 0 Å². The summed E-state index contributed by atoms with van der Waals surface area (Å²) in [5.74, 6) is -0.864. The number of nitrogens with one attached hydrogen (secondary N) is 1. The second kappa shape index (κ2) is 7.48. The molecule has 1 N–H and O–H groups in total. The summed E-state index contributed by atoms with van der Waals surface area (Å²) in [4.78, 5) is 23.9. The molecule has 0 saturated carbocycles. The maximum absolute atomic E-state index is 12.0. The molecule has 5 nitrogen and oxygen atoms in total. The van der Waals surface area contributed by atoms with E-state index >= 15 is 0 Å². The summed E-state index contributed by atoms with van der Waals surface area (Å²) < 4.78 is 9.50. The van der Waals surface area contributed by atoms with Gasteiger partial charge in [-0.3, -0.25) is 4.79 Å². The lowest BCUT2D eigenvalue weighted by molar-refractivity contribution is -0.139. The topological polar surface area (TPSA) is 64.6 Å². The first-order valence-corrected chi connectivity index (χ1v) is 8.01. The highest BCUT2D eigenvalue weighted by molar-refractivity contribution is 7.12. The third-order valence-corrected chi connectivity index (χ3v) is 4.60. The molecule has 1 heterocycles. The zero-order chi connectivity index (χ0) is 17.0. The van der Waals surface area contributed by atoms with E-state index in [-0.39, 0.29) is 6.42 Å². The van der Waals surface area contributed by atoms with Gasteiger partial charge >= 0.3 is 11.9 Å². The number of carbonyl (C=O) groups is 2. The molecule has 0 radical (unpaired) electrons. The number of hydrogen-bond acceptors (Lipinski definition) is 6. The van der Waals surface area contributed by atoms with E-state index in [0.29, 0.717) is 26.8 Å². The number of ether oxygens (including phenoxy) is 2. The van der Waals surface area contributed by atoms with Gasteiger partial charge in [0.2, 0.25) is 0 Å². The van der Waals surface area contributed by atoms with Gasteiger partial charge < -0.3 is 14.8 Å². The van der Waals surface area contributed by atoms with Gasteiger partial charge in [-0.1, -0.05) is 23.7 Å². The lowest BCUT2D eigenvalue weighted by Crippen LogP contribution is -2.08. The molecule has 0 amide bonds. The number of aryl methyl sites for hydroxylation is 1. The molecule has 7 heteroatoms. The van der Waals surface area contributed by atoms with Crippen molar-refractivity contribution in [2.24, 2.45) is 0 Å². The standard InChI is InChI=1S/C16H16ClNO4S/c1-9-5-4-6-11(17)13(9)18-14-10(7-12(19)21-2)8-23-15(14)16(20)22-3/h4-6,8,18H,7H2,1-3H3. The van der Waals surface area contributed by atoms with Crippen LogP contribution in [0.4, 0.5) is 11.4 Å². The van der Waals surface area contributed by atoms with Gasteiger partial charge in [0.15, 0.2) is 0 Å². The molecule has 1 aromatic carbocycles. The third-order valence-electron chi connectivity index (χ3n) is 3.27. The van der Waals surface area contributed by atoms with Crippen LogP contribution in [0, 0.1) is 6.92 Å². The van der Waals surface area contributed by atoms with Crippen LogP contribution in [0.5, 0.6) is 0 Å². The Morgan fingerprint density at radius 3 is 2.57 bits per heavy atom. The second-order valence-corrected chi connectivity index (χ2v) is 6.05. The fraction of sp³-hybridized carbons (Fsp3) is 0.250. The van der Waals surface area contributed by atoms with Crippen LogP contribution in [0.1, 0.15) is 20.8 Å². The van der Waals surface area contributed by atoms with Crippen molar-refractivity contribution in [3.05, 3.63) is 44.6 Å². The van der Waals surface area contributed by atoms with Crippen LogP contribution in [-0.4, -0.2) is 26.2 Å². The van der Waals surface area contributed by atoms with Crippen LogP contribution >= 0.6 is 22.9 Å². The Labute approximate surface area is 143 Å². The highest BCUT2D eigenvalue weighted by Gasteiger charge is 2.21. The minimum Gasteiger partial charge on any atom is -0.469 e. The quantitative estimate of drug-likeness (QED) is 0.824. The van der Waals surface area contributed by atoms with Crippen LogP contribution in [0.3, 0.4) is 0 Å². The molecule has 2 aromatic rings. The molecule has 0 aliphatic heterocycles. The van der Waals surface area contributed by atoms with Gasteiger partial charge in [-0.15, -0.1) is 11.3 Å². The summed E-state index contributed by atoms with van der Waals surface area (Å²) in [5.41, 5.74) is 2.78. The fourth-order valence-corrected chi connectivity index (χ4v) is 3.26. The van der Waals surface area contributed by atoms with Gasteiger partial charge in [-0.05, 0) is 29.5 Å². The van der Waals surface area contributed by atoms with E-state index in [4.69, 9.17) is 21.1 Å². The predicted molar refractivity (Wildman–Crippen MR) is 90.9 cm³/mol. The van der Waals surface area contributed by atoms with Gasteiger partial charge in [0.1, 0.15) is 4.88 Å². The number of para-hydroxylation sites is 1. The van der Waals surface area contributed by atoms with Crippen molar-refractivity contribution < 1.29 is 19.1 Å². The Kier molecular flexibility index (Phi) is 5.63. The molecule has 0 unspecified atom stereocenters. The van der Waals surface area contributed by atoms with Crippen LogP contribution in [0.15, 0.2) is 23.6 Å². The number of halogens is 1. The zero-order valence-electron chi connectivity index (χ0n) is 12.9. The van der Waals surface area contributed by atoms with E-state index in [9.17, 15) is 9.59 Å². The molecule has 0 aliphatic carbocycles. The van der Waals surface area contributed by atoms with Crippen molar-refractivity contribution in [3.63, 3.8) is 0 Å². The van der Waals surface area contributed by atoms with Crippen LogP contribution in [-0.2, 0) is 20.7 Å². The molecule has 0 spiro atoms. The third kappa shape index (κ3) is 3.83. The van der Waals surface area contributed by atoms with Crippen molar-refractivity contribution in [3.8, 4) is 0 Å². The van der Waals surface area contributed by atoms with E-state index < -0.39 is 11.9 Å². The molecule has 122 valence electrons. The maximum atomic E-state index is 12.0. The number of esters is 2. The molecule has 0 atom stereocenters. The molecule has 0 fully saturated rings. The number of thiophene rings is 1. The molecule has 0 aliphatic rings. The molecule has 23 heavy (non-hydrogen) atoms. The first-order valence-electron chi connectivity index (χ1n) is 6.75. The minimum absolute atomic E-state index is 0.0514. The van der Waals surface area contributed by atoms with Gasteiger partial charge in [0, 0.05) is 0 Å². The molecular formula is C16H16ClNO4S. The van der Waals surface area contributed by atoms with Crippen LogP contribution in [0.2, 0.25) is 5.02 Å². The second-order valence-electron chi connectivity index (χ2n) is 4.77. The number of anilines is 2. The Bertz CT molecular complexity index is 721. The van der Waals surface area contributed by atoms with E-state index in [1.807, 2.05) is 19.1 Å². The monoisotopic (exact) mass is 353 g/mol. The first kappa shape index (κ1) is 17.3. The largest absolute Gasteiger partial charge is 0.469 e. The van der Waals surface area contributed by atoms with Crippen molar-refractivity contribution >= 4 is 46.3 Å². The summed E-state index contributed by atoms with van der Waals surface area (Å²) in [5, 5.41) is 5.43. The molecule has 0 saturated heterocycles. The Morgan fingerprint density at radius 2 is 1.96 bits per heavy atom. The van der Waals surface area contributed by atoms with E-state index in [1.165, 1.54) is 25.6 Å². The van der Waals surface area contributed by atoms with Gasteiger partial charge in [-0.25, -0.2) is 4.79 Å². The number of benzene rings is 1. The summed E-state index contributed by atoms with van der Waals surface area (Å²) in [6.45, 7) is 1.90. The average Bonchev–Trinajstić information content (AvgIpc) is 2.92. The Balaban J connectivity index is 2.47. The molecule has 0 bridgehead atoms. The minimum atomic E-state index is -0.474. The molecule has 1 aromatic heterocycles. The van der Waals surface area contributed by atoms with E-state index in [1.54, 1.807) is 11.4 Å². The number of carbonyl (C=O) groups excluding carboxylic acids is 2. The normalized spacial score (nSPS) is 10.3. The van der Waals surface area contributed by atoms with Crippen molar-refractivity contribution in [2.75, 3.05) is 19.5 Å². The highest BCUT2D eigenvalue weighted by atomic mass is 35.5. The van der Waals surface area contributed by atoms with Crippen LogP contribution < -0.4 is 5.32 Å². The smallest absolute Gasteiger partial charge is 0.350 e. The summed E-state index contributed by atoms with van der Waals surface area (Å²) in [6.07, 6.45) is 0.0514. The zero-order valence-corrected chi connectivity index (χ0v) is 14.5. The number of rotatable bonds is 5. The summed E-state index contributed by atoms with van der Waals surface area (Å²) >= 11 is 7.44. The van der Waals surface area contributed by atoms with Gasteiger partial charge in [-0.2, -0.15) is 0 Å². The number of methoxy groups -OCH3 is 2. The molecule has 2 rings (SSSR count). The first-order chi connectivity index (χ1) is 11.0. The fourth-order valence-electron chi connectivity index (χ4n) is 2.05.